The van der Waals surface area contributed by atoms with E-state index in [1.165, 1.54) is 0 Å². The van der Waals surface area contributed by atoms with Crippen LogP contribution in [0.2, 0.25) is 0 Å². The largest absolute Gasteiger partial charge is 0.481 e. The van der Waals surface area contributed by atoms with E-state index in [1.807, 2.05) is 22.4 Å². The molecule has 0 aromatic carbocycles. The minimum atomic E-state index is -1.02. The lowest BCUT2D eigenvalue weighted by Crippen LogP contribution is -2.28. The zero-order valence-corrected chi connectivity index (χ0v) is 9.89. The molecule has 0 unspecified atom stereocenters. The van der Waals surface area contributed by atoms with Crippen LogP contribution in [0.4, 0.5) is 0 Å². The molecular weight excluding hydrogens is 242 g/mol. The van der Waals surface area contributed by atoms with E-state index in [0.29, 0.717) is 19.6 Å². The number of hydrogen-bond acceptors (Lipinski definition) is 4. The maximum absolute atomic E-state index is 11.0. The summed E-state index contributed by atoms with van der Waals surface area (Å²) in [5, 5.41) is 19.9. The highest BCUT2D eigenvalue weighted by Crippen LogP contribution is 2.26. The first-order valence-electron chi connectivity index (χ1n) is 5.28. The summed E-state index contributed by atoms with van der Waals surface area (Å²) in [5.74, 6) is -3.64. The van der Waals surface area contributed by atoms with Gasteiger partial charge >= 0.3 is 11.9 Å². The summed E-state index contributed by atoms with van der Waals surface area (Å²) in [6, 6.07) is 3.90. The number of hydrogen-bond donors (Lipinski definition) is 2. The van der Waals surface area contributed by atoms with Crippen molar-refractivity contribution in [2.75, 3.05) is 13.1 Å². The van der Waals surface area contributed by atoms with Crippen LogP contribution in [0.25, 0.3) is 0 Å². The topological polar surface area (TPSA) is 77.8 Å². The van der Waals surface area contributed by atoms with Gasteiger partial charge in [0, 0.05) is 24.5 Å². The van der Waals surface area contributed by atoms with E-state index < -0.39 is 23.8 Å². The molecule has 6 heteroatoms. The highest BCUT2D eigenvalue weighted by molar-refractivity contribution is 7.09. The van der Waals surface area contributed by atoms with E-state index in [2.05, 4.69) is 0 Å². The van der Waals surface area contributed by atoms with E-state index in [0.717, 1.165) is 4.88 Å². The lowest BCUT2D eigenvalue weighted by Gasteiger charge is -2.13. The van der Waals surface area contributed by atoms with Crippen molar-refractivity contribution in [1.82, 2.24) is 4.90 Å². The molecule has 1 aromatic heterocycles. The number of aliphatic carboxylic acids is 2. The normalized spacial score (nSPS) is 24.9. The fraction of sp³-hybridized carbons (Fsp3) is 0.455. The molecule has 5 nitrogen and oxygen atoms in total. The van der Waals surface area contributed by atoms with Gasteiger partial charge in [-0.05, 0) is 11.4 Å². The van der Waals surface area contributed by atoms with Crippen LogP contribution in [0.3, 0.4) is 0 Å². The Hall–Kier alpha value is -1.40. The molecular formula is C11H13NO4S. The lowest BCUT2D eigenvalue weighted by atomic mass is 9.97. The van der Waals surface area contributed by atoms with Crippen molar-refractivity contribution in [3.63, 3.8) is 0 Å². The number of likely N-dealkylation sites (tertiary alicyclic amines) is 1. The Labute approximate surface area is 102 Å². The summed E-state index contributed by atoms with van der Waals surface area (Å²) in [7, 11) is 0. The molecule has 1 aliphatic heterocycles. The van der Waals surface area contributed by atoms with Gasteiger partial charge in [0.05, 0.1) is 11.8 Å². The average molecular weight is 255 g/mol. The summed E-state index contributed by atoms with van der Waals surface area (Å²) < 4.78 is 0. The molecule has 2 rings (SSSR count). The molecule has 1 saturated heterocycles. The first kappa shape index (κ1) is 12.1. The molecule has 0 spiro atoms. The Bertz CT molecular complexity index is 395. The van der Waals surface area contributed by atoms with Crippen molar-refractivity contribution in [3.05, 3.63) is 22.4 Å². The molecule has 0 aliphatic carbocycles. The molecule has 2 heterocycles. The second-order valence-corrected chi connectivity index (χ2v) is 5.20. The van der Waals surface area contributed by atoms with Crippen LogP contribution in [0.15, 0.2) is 17.5 Å². The van der Waals surface area contributed by atoms with E-state index >= 15 is 0 Å². The van der Waals surface area contributed by atoms with Gasteiger partial charge in [-0.2, -0.15) is 0 Å². The summed E-state index contributed by atoms with van der Waals surface area (Å²) in [5.41, 5.74) is 0. The molecule has 1 aromatic rings. The lowest BCUT2D eigenvalue weighted by molar-refractivity contribution is -0.151. The van der Waals surface area contributed by atoms with Crippen molar-refractivity contribution >= 4 is 23.3 Å². The molecule has 2 N–H and O–H groups in total. The third-order valence-corrected chi connectivity index (χ3v) is 3.85. The summed E-state index contributed by atoms with van der Waals surface area (Å²) >= 11 is 1.59. The molecule has 2 atom stereocenters. The summed E-state index contributed by atoms with van der Waals surface area (Å²) in [4.78, 5) is 25.0. The Morgan fingerprint density at radius 1 is 1.29 bits per heavy atom. The number of carboxylic acid groups (broad SMARTS) is 2. The van der Waals surface area contributed by atoms with Gasteiger partial charge in [-0.1, -0.05) is 6.07 Å². The zero-order valence-electron chi connectivity index (χ0n) is 9.07. The van der Waals surface area contributed by atoms with Gasteiger partial charge in [0.15, 0.2) is 0 Å². The SMILES string of the molecule is O=C(O)[C@H]1CN(Cc2cccs2)C[C@@H]1C(=O)O. The fourth-order valence-electron chi connectivity index (χ4n) is 2.14. The Morgan fingerprint density at radius 3 is 2.29 bits per heavy atom. The molecule has 17 heavy (non-hydrogen) atoms. The number of carboxylic acids is 2. The van der Waals surface area contributed by atoms with Crippen molar-refractivity contribution in [1.29, 1.82) is 0 Å². The zero-order chi connectivity index (χ0) is 12.4. The molecule has 0 amide bonds. The second-order valence-electron chi connectivity index (χ2n) is 4.16. The third kappa shape index (κ3) is 2.65. The van der Waals surface area contributed by atoms with Gasteiger partial charge in [0.25, 0.3) is 0 Å². The summed E-state index contributed by atoms with van der Waals surface area (Å²) in [6.45, 7) is 1.25. The number of thiophene rings is 1. The molecule has 0 bridgehead atoms. The van der Waals surface area contributed by atoms with E-state index in [4.69, 9.17) is 10.2 Å². The van der Waals surface area contributed by atoms with Crippen molar-refractivity contribution in [3.8, 4) is 0 Å². The van der Waals surface area contributed by atoms with Gasteiger partial charge in [0.1, 0.15) is 0 Å². The van der Waals surface area contributed by atoms with Crippen LogP contribution in [-0.4, -0.2) is 40.1 Å². The van der Waals surface area contributed by atoms with Crippen molar-refractivity contribution < 1.29 is 19.8 Å². The fourth-order valence-corrected chi connectivity index (χ4v) is 2.88. The van der Waals surface area contributed by atoms with Crippen LogP contribution >= 0.6 is 11.3 Å². The van der Waals surface area contributed by atoms with Crippen LogP contribution in [-0.2, 0) is 16.1 Å². The van der Waals surface area contributed by atoms with Crippen LogP contribution in [0, 0.1) is 11.8 Å². The van der Waals surface area contributed by atoms with E-state index in [-0.39, 0.29) is 0 Å². The third-order valence-electron chi connectivity index (χ3n) is 2.99. The number of nitrogens with zero attached hydrogens (tertiary/aromatic N) is 1. The smallest absolute Gasteiger partial charge is 0.308 e. The monoisotopic (exact) mass is 255 g/mol. The highest BCUT2D eigenvalue weighted by atomic mass is 32.1. The maximum Gasteiger partial charge on any atom is 0.308 e. The Morgan fingerprint density at radius 2 is 1.88 bits per heavy atom. The quantitative estimate of drug-likeness (QED) is 0.838. The predicted octanol–water partition coefficient (Wildman–Crippen LogP) is 0.965. The number of rotatable bonds is 4. The van der Waals surface area contributed by atoms with Crippen LogP contribution in [0.5, 0.6) is 0 Å². The standard InChI is InChI=1S/C11H13NO4S/c13-10(14)8-5-12(6-9(8)11(15)16)4-7-2-1-3-17-7/h1-3,8-9H,4-6H2,(H,13,14)(H,15,16)/t8-,9-/m0/s1. The average Bonchev–Trinajstić information content (AvgIpc) is 2.86. The van der Waals surface area contributed by atoms with Gasteiger partial charge in [-0.15, -0.1) is 11.3 Å². The first-order chi connectivity index (χ1) is 8.08. The maximum atomic E-state index is 11.0. The number of carbonyl (C=O) groups is 2. The van der Waals surface area contributed by atoms with Crippen LogP contribution in [0.1, 0.15) is 4.88 Å². The minimum Gasteiger partial charge on any atom is -0.481 e. The predicted molar refractivity (Wildman–Crippen MR) is 61.8 cm³/mol. The molecule has 1 fully saturated rings. The minimum absolute atomic E-state index is 0.310. The van der Waals surface area contributed by atoms with Gasteiger partial charge < -0.3 is 10.2 Å². The first-order valence-corrected chi connectivity index (χ1v) is 6.16. The van der Waals surface area contributed by atoms with Crippen molar-refractivity contribution in [2.45, 2.75) is 6.54 Å². The summed E-state index contributed by atoms with van der Waals surface area (Å²) in [6.07, 6.45) is 0. The highest BCUT2D eigenvalue weighted by Gasteiger charge is 2.41. The molecule has 1 aliphatic rings. The Balaban J connectivity index is 2.04. The van der Waals surface area contributed by atoms with Gasteiger partial charge in [0.2, 0.25) is 0 Å². The van der Waals surface area contributed by atoms with Crippen molar-refractivity contribution in [2.24, 2.45) is 11.8 Å². The Kier molecular flexibility index (Phi) is 3.44. The molecule has 0 radical (unpaired) electrons. The molecule has 92 valence electrons. The van der Waals surface area contributed by atoms with Crippen LogP contribution < -0.4 is 0 Å². The van der Waals surface area contributed by atoms with E-state index in [9.17, 15) is 9.59 Å². The van der Waals surface area contributed by atoms with E-state index in [1.54, 1.807) is 11.3 Å². The van der Waals surface area contributed by atoms with Gasteiger partial charge in [-0.3, -0.25) is 14.5 Å². The molecule has 0 saturated carbocycles. The second kappa shape index (κ2) is 4.85. The van der Waals surface area contributed by atoms with Gasteiger partial charge in [-0.25, -0.2) is 0 Å².